The first-order chi connectivity index (χ1) is 6.70. The number of hydrogen-bond acceptors (Lipinski definition) is 2. The van der Waals surface area contributed by atoms with Gasteiger partial charge in [0.15, 0.2) is 0 Å². The second-order valence-electron chi connectivity index (χ2n) is 4.01. The zero-order valence-electron chi connectivity index (χ0n) is 10.3. The minimum atomic E-state index is 0.0412. The third kappa shape index (κ3) is 3.25. The summed E-state index contributed by atoms with van der Waals surface area (Å²) in [6.07, 6.45) is 4.59. The van der Waals surface area contributed by atoms with E-state index in [0.29, 0.717) is 6.61 Å². The molecule has 0 aromatic rings. The summed E-state index contributed by atoms with van der Waals surface area (Å²) < 4.78 is 0. The van der Waals surface area contributed by atoms with E-state index in [1.807, 2.05) is 0 Å². The van der Waals surface area contributed by atoms with Crippen LogP contribution in [0, 0.1) is 0 Å². The smallest absolute Gasteiger partial charge is 0.0615 e. The summed E-state index contributed by atoms with van der Waals surface area (Å²) >= 11 is 0. The molecule has 0 bridgehead atoms. The molecular weight excluding hydrogens is 174 g/mol. The first kappa shape index (κ1) is 13.9. The molecule has 0 rings (SSSR count). The molecule has 0 radical (unpaired) electrons. The van der Waals surface area contributed by atoms with Gasteiger partial charge in [0.05, 0.1) is 6.61 Å². The third-order valence-electron chi connectivity index (χ3n) is 3.38. The van der Waals surface area contributed by atoms with Crippen molar-refractivity contribution < 1.29 is 5.11 Å². The summed E-state index contributed by atoms with van der Waals surface area (Å²) in [5, 5.41) is 9.59. The minimum absolute atomic E-state index is 0.0412. The third-order valence-corrected chi connectivity index (χ3v) is 3.38. The monoisotopic (exact) mass is 201 g/mol. The van der Waals surface area contributed by atoms with Crippen molar-refractivity contribution in [3.63, 3.8) is 0 Å². The molecule has 0 aromatic heterocycles. The summed E-state index contributed by atoms with van der Waals surface area (Å²) in [7, 11) is 0. The molecule has 14 heavy (non-hydrogen) atoms. The lowest BCUT2D eigenvalue weighted by Crippen LogP contribution is -2.51. The van der Waals surface area contributed by atoms with Crippen LogP contribution in [0.1, 0.15) is 53.4 Å². The molecule has 1 atom stereocenters. The van der Waals surface area contributed by atoms with Gasteiger partial charge in [-0.2, -0.15) is 0 Å². The van der Waals surface area contributed by atoms with E-state index in [0.717, 1.165) is 25.9 Å². The van der Waals surface area contributed by atoms with Crippen LogP contribution in [-0.4, -0.2) is 35.2 Å². The molecule has 0 heterocycles. The minimum Gasteiger partial charge on any atom is -0.394 e. The van der Waals surface area contributed by atoms with Crippen LogP contribution in [0.5, 0.6) is 0 Å². The normalized spacial score (nSPS) is 15.9. The van der Waals surface area contributed by atoms with Crippen molar-refractivity contribution in [1.82, 2.24) is 4.90 Å². The molecule has 0 saturated carbocycles. The van der Waals surface area contributed by atoms with Gasteiger partial charge >= 0.3 is 0 Å². The largest absolute Gasteiger partial charge is 0.394 e. The van der Waals surface area contributed by atoms with E-state index >= 15 is 0 Å². The van der Waals surface area contributed by atoms with E-state index < -0.39 is 0 Å². The molecule has 2 nitrogen and oxygen atoms in total. The first-order valence-electron chi connectivity index (χ1n) is 6.06. The molecule has 1 N–H and O–H groups in total. The van der Waals surface area contributed by atoms with Crippen LogP contribution in [-0.2, 0) is 0 Å². The number of hydrogen-bond donors (Lipinski definition) is 1. The first-order valence-corrected chi connectivity index (χ1v) is 6.06. The number of unbranched alkanes of at least 4 members (excludes halogenated alkanes) is 1. The van der Waals surface area contributed by atoms with Gasteiger partial charge in [-0.3, -0.25) is 4.90 Å². The summed E-state index contributed by atoms with van der Waals surface area (Å²) in [6, 6.07) is 0. The molecule has 0 amide bonds. The maximum Gasteiger partial charge on any atom is 0.0615 e. The zero-order chi connectivity index (χ0) is 11.0. The SMILES string of the molecule is CCCCC(CC)(CO)N(CC)CC. The summed E-state index contributed by atoms with van der Waals surface area (Å²) in [4.78, 5) is 2.41. The van der Waals surface area contributed by atoms with Gasteiger partial charge in [0, 0.05) is 5.54 Å². The van der Waals surface area contributed by atoms with E-state index in [4.69, 9.17) is 0 Å². The lowest BCUT2D eigenvalue weighted by Gasteiger charge is -2.41. The van der Waals surface area contributed by atoms with Crippen LogP contribution in [0.3, 0.4) is 0 Å². The molecule has 2 heteroatoms. The fourth-order valence-electron chi connectivity index (χ4n) is 2.25. The van der Waals surface area contributed by atoms with Crippen LogP contribution in [0.15, 0.2) is 0 Å². The van der Waals surface area contributed by atoms with Crippen molar-refractivity contribution in [2.45, 2.75) is 58.9 Å². The lowest BCUT2D eigenvalue weighted by molar-refractivity contribution is 0.0243. The Balaban J connectivity index is 4.47. The highest BCUT2D eigenvalue weighted by molar-refractivity contribution is 4.88. The van der Waals surface area contributed by atoms with E-state index in [2.05, 4.69) is 32.6 Å². The highest BCUT2D eigenvalue weighted by atomic mass is 16.3. The highest BCUT2D eigenvalue weighted by Crippen LogP contribution is 2.25. The van der Waals surface area contributed by atoms with Crippen molar-refractivity contribution in [3.05, 3.63) is 0 Å². The molecule has 1 unspecified atom stereocenters. The van der Waals surface area contributed by atoms with E-state index in [1.54, 1.807) is 0 Å². The Bertz CT molecular complexity index is 128. The Labute approximate surface area is 89.3 Å². The average Bonchev–Trinajstić information content (AvgIpc) is 2.24. The van der Waals surface area contributed by atoms with Gasteiger partial charge in [0.2, 0.25) is 0 Å². The van der Waals surface area contributed by atoms with Crippen molar-refractivity contribution in [2.24, 2.45) is 0 Å². The molecule has 0 aliphatic heterocycles. The fraction of sp³-hybridized carbons (Fsp3) is 1.00. The van der Waals surface area contributed by atoms with E-state index in [-0.39, 0.29) is 5.54 Å². The van der Waals surface area contributed by atoms with Crippen molar-refractivity contribution >= 4 is 0 Å². The summed E-state index contributed by atoms with van der Waals surface area (Å²) in [6.45, 7) is 11.1. The Morgan fingerprint density at radius 2 is 1.64 bits per heavy atom. The topological polar surface area (TPSA) is 23.5 Å². The molecule has 0 aromatic carbocycles. The summed E-state index contributed by atoms with van der Waals surface area (Å²) in [5.41, 5.74) is 0.0412. The number of rotatable bonds is 8. The average molecular weight is 201 g/mol. The molecule has 0 saturated heterocycles. The van der Waals surface area contributed by atoms with Gasteiger partial charge in [-0.25, -0.2) is 0 Å². The van der Waals surface area contributed by atoms with Crippen molar-refractivity contribution in [2.75, 3.05) is 19.7 Å². The van der Waals surface area contributed by atoms with Crippen molar-refractivity contribution in [1.29, 1.82) is 0 Å². The molecule has 86 valence electrons. The van der Waals surface area contributed by atoms with Gasteiger partial charge in [-0.1, -0.05) is 40.5 Å². The van der Waals surface area contributed by atoms with Crippen LogP contribution in [0.2, 0.25) is 0 Å². The van der Waals surface area contributed by atoms with Crippen LogP contribution < -0.4 is 0 Å². The standard InChI is InChI=1S/C12H27NO/c1-5-9-10-12(6-2,11-14)13(7-3)8-4/h14H,5-11H2,1-4H3. The Hall–Kier alpha value is -0.0800. The van der Waals surface area contributed by atoms with Gasteiger partial charge in [0.25, 0.3) is 0 Å². The van der Waals surface area contributed by atoms with Gasteiger partial charge in [-0.05, 0) is 25.9 Å². The molecule has 0 aliphatic carbocycles. The maximum atomic E-state index is 9.59. The number of aliphatic hydroxyl groups is 1. The fourth-order valence-corrected chi connectivity index (χ4v) is 2.25. The van der Waals surface area contributed by atoms with Gasteiger partial charge in [-0.15, -0.1) is 0 Å². The van der Waals surface area contributed by atoms with Gasteiger partial charge in [0.1, 0.15) is 0 Å². The molecule has 0 fully saturated rings. The molecule has 0 aliphatic rings. The quantitative estimate of drug-likeness (QED) is 0.652. The number of aliphatic hydroxyl groups excluding tert-OH is 1. The molecule has 0 spiro atoms. The second-order valence-corrected chi connectivity index (χ2v) is 4.01. The van der Waals surface area contributed by atoms with Crippen LogP contribution >= 0.6 is 0 Å². The Morgan fingerprint density at radius 1 is 1.07 bits per heavy atom. The number of likely N-dealkylation sites (N-methyl/N-ethyl adjacent to an activating group) is 1. The predicted molar refractivity (Wildman–Crippen MR) is 62.6 cm³/mol. The second kappa shape index (κ2) is 7.24. The maximum absolute atomic E-state index is 9.59. The Kier molecular flexibility index (Phi) is 7.20. The van der Waals surface area contributed by atoms with Crippen LogP contribution in [0.25, 0.3) is 0 Å². The van der Waals surface area contributed by atoms with E-state index in [9.17, 15) is 5.11 Å². The lowest BCUT2D eigenvalue weighted by atomic mass is 9.88. The highest BCUT2D eigenvalue weighted by Gasteiger charge is 2.31. The van der Waals surface area contributed by atoms with Crippen molar-refractivity contribution in [3.8, 4) is 0 Å². The summed E-state index contributed by atoms with van der Waals surface area (Å²) in [5.74, 6) is 0. The van der Waals surface area contributed by atoms with Gasteiger partial charge < -0.3 is 5.11 Å². The zero-order valence-corrected chi connectivity index (χ0v) is 10.3. The Morgan fingerprint density at radius 3 is 1.93 bits per heavy atom. The van der Waals surface area contributed by atoms with Crippen LogP contribution in [0.4, 0.5) is 0 Å². The predicted octanol–water partition coefficient (Wildman–Crippen LogP) is 2.66. The number of nitrogens with zero attached hydrogens (tertiary/aromatic N) is 1. The molecular formula is C12H27NO. The van der Waals surface area contributed by atoms with E-state index in [1.165, 1.54) is 12.8 Å².